The van der Waals surface area contributed by atoms with E-state index < -0.39 is 0 Å². The van der Waals surface area contributed by atoms with Gasteiger partial charge in [0.1, 0.15) is 6.67 Å². The van der Waals surface area contributed by atoms with Crippen LogP contribution in [0.15, 0.2) is 53.7 Å². The van der Waals surface area contributed by atoms with Gasteiger partial charge < -0.3 is 9.82 Å². The number of halogens is 1. The molecule has 0 radical (unpaired) electrons. The van der Waals surface area contributed by atoms with E-state index in [2.05, 4.69) is 41.2 Å². The smallest absolute Gasteiger partial charge is 0.215 e. The van der Waals surface area contributed by atoms with Gasteiger partial charge in [-0.25, -0.2) is 4.99 Å². The highest BCUT2D eigenvalue weighted by atomic mass is 35.5. The standard InChI is InChI=1S/C20H20ClN3O/c1-14-2-4-15(5-3-14)10-20-23-13-24(25-20)9-8-16-12-22-19-7-6-17(21)11-18(16)19/h2-7,11-12,22H,8-10,13H2,1H3. The van der Waals surface area contributed by atoms with E-state index in [1.54, 1.807) is 0 Å². The van der Waals surface area contributed by atoms with Crippen LogP contribution in [0.1, 0.15) is 16.7 Å². The molecule has 0 unspecified atom stereocenters. The lowest BCUT2D eigenvalue weighted by atomic mass is 10.1. The maximum atomic E-state index is 6.11. The fourth-order valence-electron chi connectivity index (χ4n) is 3.05. The lowest BCUT2D eigenvalue weighted by Gasteiger charge is -2.14. The van der Waals surface area contributed by atoms with Crippen molar-refractivity contribution in [3.8, 4) is 0 Å². The molecule has 4 rings (SSSR count). The van der Waals surface area contributed by atoms with Crippen molar-refractivity contribution in [2.45, 2.75) is 19.8 Å². The third kappa shape index (κ3) is 3.70. The van der Waals surface area contributed by atoms with E-state index >= 15 is 0 Å². The van der Waals surface area contributed by atoms with E-state index in [1.807, 2.05) is 29.5 Å². The molecule has 2 heterocycles. The summed E-state index contributed by atoms with van der Waals surface area (Å²) < 4.78 is 0. The summed E-state index contributed by atoms with van der Waals surface area (Å²) in [7, 11) is 0. The SMILES string of the molecule is Cc1ccc(CC2=NCN(CCc3c[nH]c4ccc(Cl)cc34)O2)cc1. The minimum atomic E-state index is 0.588. The van der Waals surface area contributed by atoms with Crippen molar-refractivity contribution >= 4 is 28.4 Å². The maximum absolute atomic E-state index is 6.11. The van der Waals surface area contributed by atoms with E-state index in [0.29, 0.717) is 6.67 Å². The van der Waals surface area contributed by atoms with E-state index in [4.69, 9.17) is 16.4 Å². The topological polar surface area (TPSA) is 40.6 Å². The molecule has 0 atom stereocenters. The first-order chi connectivity index (χ1) is 12.2. The number of fused-ring (bicyclic) bond motifs is 1. The summed E-state index contributed by atoms with van der Waals surface area (Å²) in [6, 6.07) is 14.4. The highest BCUT2D eigenvalue weighted by Gasteiger charge is 2.18. The second kappa shape index (κ2) is 6.90. The Hall–Kier alpha value is -2.30. The number of hydrogen-bond donors (Lipinski definition) is 1. The number of aryl methyl sites for hydroxylation is 1. The minimum Gasteiger partial charge on any atom is -0.388 e. The Morgan fingerprint density at radius 3 is 2.88 bits per heavy atom. The molecule has 4 nitrogen and oxygen atoms in total. The van der Waals surface area contributed by atoms with Gasteiger partial charge in [-0.3, -0.25) is 0 Å². The Morgan fingerprint density at radius 2 is 2.04 bits per heavy atom. The second-order valence-electron chi connectivity index (χ2n) is 6.41. The zero-order chi connectivity index (χ0) is 17.2. The first-order valence-corrected chi connectivity index (χ1v) is 8.82. The van der Waals surface area contributed by atoms with Crippen LogP contribution in [0.4, 0.5) is 0 Å². The summed E-state index contributed by atoms with van der Waals surface area (Å²) >= 11 is 6.11. The first-order valence-electron chi connectivity index (χ1n) is 8.45. The number of H-pyrrole nitrogens is 1. The predicted octanol–water partition coefficient (Wildman–Crippen LogP) is 4.52. The molecule has 2 aromatic carbocycles. The van der Waals surface area contributed by atoms with Crippen molar-refractivity contribution in [3.63, 3.8) is 0 Å². The van der Waals surface area contributed by atoms with Gasteiger partial charge >= 0.3 is 0 Å². The third-order valence-electron chi connectivity index (χ3n) is 4.48. The summed E-state index contributed by atoms with van der Waals surface area (Å²) in [5, 5.41) is 3.84. The quantitative estimate of drug-likeness (QED) is 0.732. The van der Waals surface area contributed by atoms with Gasteiger partial charge in [-0.15, -0.1) is 5.06 Å². The number of aromatic amines is 1. The van der Waals surface area contributed by atoms with E-state index in [9.17, 15) is 0 Å². The minimum absolute atomic E-state index is 0.588. The van der Waals surface area contributed by atoms with E-state index in [0.717, 1.165) is 35.8 Å². The van der Waals surface area contributed by atoms with Crippen LogP contribution in [0, 0.1) is 6.92 Å². The molecule has 128 valence electrons. The van der Waals surface area contributed by atoms with Crippen molar-refractivity contribution in [1.29, 1.82) is 0 Å². The van der Waals surface area contributed by atoms with Gasteiger partial charge in [0.25, 0.3) is 0 Å². The van der Waals surface area contributed by atoms with Crippen molar-refractivity contribution in [2.75, 3.05) is 13.2 Å². The van der Waals surface area contributed by atoms with Crippen molar-refractivity contribution in [3.05, 3.63) is 70.4 Å². The number of aromatic nitrogens is 1. The Balaban J connectivity index is 1.34. The summed E-state index contributed by atoms with van der Waals surface area (Å²) in [5.41, 5.74) is 4.84. The van der Waals surface area contributed by atoms with Crippen LogP contribution in [-0.2, 0) is 17.7 Å². The zero-order valence-electron chi connectivity index (χ0n) is 14.1. The molecule has 3 aromatic rings. The fourth-order valence-corrected chi connectivity index (χ4v) is 3.22. The Labute approximate surface area is 152 Å². The Morgan fingerprint density at radius 1 is 1.20 bits per heavy atom. The largest absolute Gasteiger partial charge is 0.388 e. The van der Waals surface area contributed by atoms with Gasteiger partial charge in [0, 0.05) is 28.7 Å². The van der Waals surface area contributed by atoms with Crippen LogP contribution in [-0.4, -0.2) is 29.2 Å². The highest BCUT2D eigenvalue weighted by Crippen LogP contribution is 2.23. The average molecular weight is 354 g/mol. The summed E-state index contributed by atoms with van der Waals surface area (Å²) in [6.07, 6.45) is 3.66. The molecule has 25 heavy (non-hydrogen) atoms. The number of hydroxylamine groups is 2. The van der Waals surface area contributed by atoms with Crippen molar-refractivity contribution in [1.82, 2.24) is 10.0 Å². The van der Waals surface area contributed by atoms with Crippen molar-refractivity contribution in [2.24, 2.45) is 4.99 Å². The van der Waals surface area contributed by atoms with Crippen LogP contribution >= 0.6 is 11.6 Å². The van der Waals surface area contributed by atoms with E-state index in [-0.39, 0.29) is 0 Å². The normalized spacial score (nSPS) is 14.7. The van der Waals surface area contributed by atoms with Crippen LogP contribution < -0.4 is 0 Å². The molecule has 0 saturated carbocycles. The molecule has 0 aliphatic carbocycles. The molecule has 0 spiro atoms. The highest BCUT2D eigenvalue weighted by molar-refractivity contribution is 6.31. The molecule has 0 amide bonds. The molecular weight excluding hydrogens is 334 g/mol. The molecule has 0 saturated heterocycles. The van der Waals surface area contributed by atoms with Gasteiger partial charge in [-0.05, 0) is 42.7 Å². The lowest BCUT2D eigenvalue weighted by Crippen LogP contribution is -2.24. The number of aliphatic imine (C=N–C) groups is 1. The van der Waals surface area contributed by atoms with Gasteiger partial charge in [-0.1, -0.05) is 41.4 Å². The molecule has 1 aliphatic rings. The molecular formula is C20H20ClN3O. The molecule has 0 fully saturated rings. The van der Waals surface area contributed by atoms with Gasteiger partial charge in [0.05, 0.1) is 6.42 Å². The number of hydrogen-bond acceptors (Lipinski definition) is 3. The Kier molecular flexibility index (Phi) is 4.47. The molecule has 5 heteroatoms. The molecule has 1 aromatic heterocycles. The lowest BCUT2D eigenvalue weighted by molar-refractivity contribution is -0.0492. The fraction of sp³-hybridized carbons (Fsp3) is 0.250. The molecule has 1 N–H and O–H groups in total. The summed E-state index contributed by atoms with van der Waals surface area (Å²) in [4.78, 5) is 13.7. The third-order valence-corrected chi connectivity index (χ3v) is 4.71. The van der Waals surface area contributed by atoms with Crippen LogP contribution in [0.25, 0.3) is 10.9 Å². The maximum Gasteiger partial charge on any atom is 0.215 e. The zero-order valence-corrected chi connectivity index (χ0v) is 14.9. The summed E-state index contributed by atoms with van der Waals surface area (Å²) in [6.45, 7) is 3.47. The van der Waals surface area contributed by atoms with Gasteiger partial charge in [0.2, 0.25) is 5.90 Å². The average Bonchev–Trinajstić information content (AvgIpc) is 3.21. The summed E-state index contributed by atoms with van der Waals surface area (Å²) in [5.74, 6) is 0.783. The Bertz CT molecular complexity index is 914. The van der Waals surface area contributed by atoms with Crippen LogP contribution in [0.5, 0.6) is 0 Å². The number of rotatable bonds is 5. The van der Waals surface area contributed by atoms with Crippen LogP contribution in [0.3, 0.4) is 0 Å². The number of nitrogens with zero attached hydrogens (tertiary/aromatic N) is 2. The monoisotopic (exact) mass is 353 g/mol. The van der Waals surface area contributed by atoms with Gasteiger partial charge in [0.15, 0.2) is 0 Å². The van der Waals surface area contributed by atoms with E-state index in [1.165, 1.54) is 22.1 Å². The second-order valence-corrected chi connectivity index (χ2v) is 6.84. The molecule has 1 aliphatic heterocycles. The molecule has 0 bridgehead atoms. The van der Waals surface area contributed by atoms with Crippen LogP contribution in [0.2, 0.25) is 5.02 Å². The number of nitrogens with one attached hydrogen (secondary N) is 1. The number of benzene rings is 2. The first kappa shape index (κ1) is 16.2. The predicted molar refractivity (Wildman–Crippen MR) is 102 cm³/mol. The van der Waals surface area contributed by atoms with Gasteiger partial charge in [-0.2, -0.15) is 0 Å². The van der Waals surface area contributed by atoms with Crippen molar-refractivity contribution < 1.29 is 4.84 Å².